The van der Waals surface area contributed by atoms with Crippen molar-refractivity contribution < 1.29 is 14.3 Å². The van der Waals surface area contributed by atoms with E-state index in [4.69, 9.17) is 21.7 Å². The van der Waals surface area contributed by atoms with Gasteiger partial charge in [0.1, 0.15) is 0 Å². The fourth-order valence-electron chi connectivity index (χ4n) is 3.04. The van der Waals surface area contributed by atoms with Crippen LogP contribution < -0.4 is 20.1 Å². The lowest BCUT2D eigenvalue weighted by molar-refractivity contribution is -0.130. The Morgan fingerprint density at radius 3 is 2.96 bits per heavy atom. The van der Waals surface area contributed by atoms with E-state index in [-0.39, 0.29) is 6.79 Å². The monoisotopic (exact) mass is 363 g/mol. The molecule has 0 spiro atoms. The van der Waals surface area contributed by atoms with Crippen LogP contribution in [-0.4, -0.2) is 42.3 Å². The molecular formula is C18H25N3O3S. The molecule has 2 heterocycles. The van der Waals surface area contributed by atoms with Crippen molar-refractivity contribution in [1.29, 1.82) is 0 Å². The summed E-state index contributed by atoms with van der Waals surface area (Å²) in [5.41, 5.74) is 1.09. The number of carbonyl (C=O) groups is 1. The summed E-state index contributed by atoms with van der Waals surface area (Å²) in [6.45, 7) is 3.37. The number of hydrogen-bond acceptors (Lipinski definition) is 4. The predicted molar refractivity (Wildman–Crippen MR) is 99.7 cm³/mol. The molecule has 0 unspecified atom stereocenters. The molecule has 0 atom stereocenters. The van der Waals surface area contributed by atoms with E-state index in [0.29, 0.717) is 24.0 Å². The Hall–Kier alpha value is -2.02. The number of likely N-dealkylation sites (tertiary alicyclic amines) is 1. The number of thiocarbonyl (C=S) groups is 1. The molecule has 2 aliphatic heterocycles. The molecule has 25 heavy (non-hydrogen) atoms. The molecule has 0 aliphatic carbocycles. The van der Waals surface area contributed by atoms with Gasteiger partial charge in [-0.15, -0.1) is 0 Å². The molecule has 2 N–H and O–H groups in total. The van der Waals surface area contributed by atoms with Gasteiger partial charge in [-0.05, 0) is 49.2 Å². The van der Waals surface area contributed by atoms with Crippen LogP contribution in [0.4, 0.5) is 0 Å². The van der Waals surface area contributed by atoms with Crippen LogP contribution in [0, 0.1) is 0 Å². The van der Waals surface area contributed by atoms with Gasteiger partial charge in [0, 0.05) is 32.6 Å². The first-order valence-electron chi connectivity index (χ1n) is 8.90. The third kappa shape index (κ3) is 5.22. The van der Waals surface area contributed by atoms with Gasteiger partial charge in [-0.2, -0.15) is 0 Å². The highest BCUT2D eigenvalue weighted by Crippen LogP contribution is 2.32. The molecule has 2 aliphatic rings. The van der Waals surface area contributed by atoms with Crippen LogP contribution in [0.15, 0.2) is 18.2 Å². The number of nitrogens with zero attached hydrogens (tertiary/aromatic N) is 1. The predicted octanol–water partition coefficient (Wildman–Crippen LogP) is 2.17. The molecule has 1 aromatic rings. The topological polar surface area (TPSA) is 62.8 Å². The Morgan fingerprint density at radius 1 is 1.16 bits per heavy atom. The molecule has 7 heteroatoms. The number of benzene rings is 1. The lowest BCUT2D eigenvalue weighted by Crippen LogP contribution is -2.37. The Balaban J connectivity index is 1.32. The molecule has 1 amide bonds. The molecule has 0 saturated carbocycles. The zero-order valence-corrected chi connectivity index (χ0v) is 15.2. The van der Waals surface area contributed by atoms with Crippen molar-refractivity contribution >= 4 is 23.2 Å². The number of fused-ring (bicyclic) bond motifs is 1. The second-order valence-electron chi connectivity index (χ2n) is 6.34. The third-order valence-electron chi connectivity index (χ3n) is 4.45. The van der Waals surface area contributed by atoms with Crippen LogP contribution in [0.1, 0.15) is 37.7 Å². The standard InChI is InChI=1S/C18H25N3O3S/c22-17-5-2-1-3-9-21(17)10-4-8-19-18(25)20-12-14-6-7-15-16(11-14)24-13-23-15/h6-7,11H,1-5,8-10,12-13H2,(H2,19,20,25). The van der Waals surface area contributed by atoms with E-state index in [1.165, 1.54) is 0 Å². The van der Waals surface area contributed by atoms with Gasteiger partial charge in [-0.25, -0.2) is 0 Å². The molecule has 6 nitrogen and oxygen atoms in total. The zero-order valence-electron chi connectivity index (χ0n) is 14.4. The summed E-state index contributed by atoms with van der Waals surface area (Å²) in [5, 5.41) is 7.02. The van der Waals surface area contributed by atoms with Crippen molar-refractivity contribution in [1.82, 2.24) is 15.5 Å². The first-order valence-corrected chi connectivity index (χ1v) is 9.31. The van der Waals surface area contributed by atoms with Gasteiger partial charge in [-0.3, -0.25) is 4.79 Å². The van der Waals surface area contributed by atoms with E-state index in [2.05, 4.69) is 10.6 Å². The van der Waals surface area contributed by atoms with Gasteiger partial charge < -0.3 is 25.0 Å². The molecule has 3 rings (SSSR count). The molecule has 0 bridgehead atoms. The summed E-state index contributed by atoms with van der Waals surface area (Å²) in [4.78, 5) is 13.9. The van der Waals surface area contributed by atoms with Crippen molar-refractivity contribution in [3.8, 4) is 11.5 Å². The van der Waals surface area contributed by atoms with Gasteiger partial charge in [0.05, 0.1) is 0 Å². The van der Waals surface area contributed by atoms with Crippen LogP contribution in [0.25, 0.3) is 0 Å². The van der Waals surface area contributed by atoms with Crippen molar-refractivity contribution in [2.75, 3.05) is 26.4 Å². The van der Waals surface area contributed by atoms with Gasteiger partial charge in [0.2, 0.25) is 12.7 Å². The molecule has 0 aromatic heterocycles. The number of nitrogens with one attached hydrogen (secondary N) is 2. The van der Waals surface area contributed by atoms with Gasteiger partial charge >= 0.3 is 0 Å². The molecule has 1 saturated heterocycles. The summed E-state index contributed by atoms with van der Waals surface area (Å²) < 4.78 is 10.7. The van der Waals surface area contributed by atoms with Crippen LogP contribution in [0.3, 0.4) is 0 Å². The minimum Gasteiger partial charge on any atom is -0.454 e. The number of rotatable bonds is 6. The third-order valence-corrected chi connectivity index (χ3v) is 4.74. The van der Waals surface area contributed by atoms with Crippen LogP contribution in [0.5, 0.6) is 11.5 Å². The lowest BCUT2D eigenvalue weighted by atomic mass is 10.2. The first-order chi connectivity index (χ1) is 12.2. The Labute approximate surface area is 153 Å². The first kappa shape index (κ1) is 17.8. The molecule has 1 fully saturated rings. The van der Waals surface area contributed by atoms with E-state index >= 15 is 0 Å². The fraction of sp³-hybridized carbons (Fsp3) is 0.556. The number of ether oxygens (including phenoxy) is 2. The maximum absolute atomic E-state index is 11.9. The highest BCUT2D eigenvalue weighted by molar-refractivity contribution is 7.80. The van der Waals surface area contributed by atoms with E-state index in [0.717, 1.165) is 62.4 Å². The van der Waals surface area contributed by atoms with Gasteiger partial charge in [-0.1, -0.05) is 12.5 Å². The Bertz CT molecular complexity index is 624. The smallest absolute Gasteiger partial charge is 0.231 e. The minimum absolute atomic E-state index is 0.283. The number of carbonyl (C=O) groups excluding carboxylic acids is 1. The lowest BCUT2D eigenvalue weighted by Gasteiger charge is -2.20. The van der Waals surface area contributed by atoms with E-state index < -0.39 is 0 Å². The van der Waals surface area contributed by atoms with E-state index in [1.807, 2.05) is 23.1 Å². The SMILES string of the molecule is O=C1CCCCCN1CCCNC(=S)NCc1ccc2c(c1)OCO2. The summed E-state index contributed by atoms with van der Waals surface area (Å²) >= 11 is 5.31. The highest BCUT2D eigenvalue weighted by atomic mass is 32.1. The van der Waals surface area contributed by atoms with Gasteiger partial charge in [0.25, 0.3) is 0 Å². The van der Waals surface area contributed by atoms with Crippen molar-refractivity contribution in [2.45, 2.75) is 38.6 Å². The zero-order chi connectivity index (χ0) is 17.5. The van der Waals surface area contributed by atoms with Crippen LogP contribution in [0.2, 0.25) is 0 Å². The maximum atomic E-state index is 11.9. The van der Waals surface area contributed by atoms with E-state index in [1.54, 1.807) is 0 Å². The van der Waals surface area contributed by atoms with Gasteiger partial charge in [0.15, 0.2) is 16.6 Å². The van der Waals surface area contributed by atoms with Crippen LogP contribution >= 0.6 is 12.2 Å². The number of amides is 1. The summed E-state index contributed by atoms with van der Waals surface area (Å²) in [6, 6.07) is 5.87. The quantitative estimate of drug-likeness (QED) is 0.597. The minimum atomic E-state index is 0.283. The van der Waals surface area contributed by atoms with Crippen molar-refractivity contribution in [3.05, 3.63) is 23.8 Å². The molecule has 136 valence electrons. The average Bonchev–Trinajstić information content (AvgIpc) is 2.99. The largest absolute Gasteiger partial charge is 0.454 e. The van der Waals surface area contributed by atoms with Crippen molar-refractivity contribution in [3.63, 3.8) is 0 Å². The molecule has 1 aromatic carbocycles. The Morgan fingerprint density at radius 2 is 2.04 bits per heavy atom. The number of hydrogen-bond donors (Lipinski definition) is 2. The molecular weight excluding hydrogens is 338 g/mol. The fourth-order valence-corrected chi connectivity index (χ4v) is 3.22. The van der Waals surface area contributed by atoms with Crippen molar-refractivity contribution in [2.24, 2.45) is 0 Å². The second-order valence-corrected chi connectivity index (χ2v) is 6.75. The summed E-state index contributed by atoms with van der Waals surface area (Å²) in [6.07, 6.45) is 4.91. The summed E-state index contributed by atoms with van der Waals surface area (Å²) in [7, 11) is 0. The van der Waals surface area contributed by atoms with E-state index in [9.17, 15) is 4.79 Å². The highest BCUT2D eigenvalue weighted by Gasteiger charge is 2.16. The molecule has 0 radical (unpaired) electrons. The maximum Gasteiger partial charge on any atom is 0.231 e. The Kier molecular flexibility index (Phi) is 6.33. The summed E-state index contributed by atoms with van der Waals surface area (Å²) in [5.74, 6) is 1.86. The normalized spacial score (nSPS) is 16.5. The second kappa shape index (κ2) is 8.89. The van der Waals surface area contributed by atoms with Crippen LogP contribution in [-0.2, 0) is 11.3 Å². The average molecular weight is 363 g/mol.